The summed E-state index contributed by atoms with van der Waals surface area (Å²) in [6.07, 6.45) is 3.43. The van der Waals surface area contributed by atoms with Gasteiger partial charge in [0.15, 0.2) is 5.82 Å². The number of aryl methyl sites for hydroxylation is 1. The Morgan fingerprint density at radius 2 is 1.79 bits per heavy atom. The Labute approximate surface area is 87.6 Å². The molecule has 0 aliphatic carbocycles. The Balaban J connectivity index is 2.63. The van der Waals surface area contributed by atoms with Gasteiger partial charge in [-0.05, 0) is 24.6 Å². The van der Waals surface area contributed by atoms with Gasteiger partial charge in [0.2, 0.25) is 0 Å². The second-order valence-corrected chi connectivity index (χ2v) is 3.41. The summed E-state index contributed by atoms with van der Waals surface area (Å²) in [5, 5.41) is 0.691. The molecule has 0 aliphatic heterocycles. The van der Waals surface area contributed by atoms with Crippen LogP contribution >= 0.6 is 11.6 Å². The summed E-state index contributed by atoms with van der Waals surface area (Å²) in [7, 11) is 0. The van der Waals surface area contributed by atoms with Crippen LogP contribution in [0.1, 0.15) is 5.56 Å². The second-order valence-electron chi connectivity index (χ2n) is 3.00. The maximum atomic E-state index is 6.08. The smallest absolute Gasteiger partial charge is 0.160 e. The summed E-state index contributed by atoms with van der Waals surface area (Å²) in [4.78, 5) is 8.35. The van der Waals surface area contributed by atoms with Gasteiger partial charge in [0.1, 0.15) is 0 Å². The number of hydrogen-bond donors (Lipinski definition) is 0. The van der Waals surface area contributed by atoms with Crippen LogP contribution in [0.15, 0.2) is 36.7 Å². The molecular formula is C11H9ClN2. The Kier molecular flexibility index (Phi) is 2.46. The molecule has 2 rings (SSSR count). The predicted octanol–water partition coefficient (Wildman–Crippen LogP) is 3.11. The summed E-state index contributed by atoms with van der Waals surface area (Å²) in [5.41, 5.74) is 2.00. The van der Waals surface area contributed by atoms with Crippen molar-refractivity contribution in [2.75, 3.05) is 0 Å². The molecule has 0 unspecified atom stereocenters. The Morgan fingerprint density at radius 1 is 1.07 bits per heavy atom. The first-order valence-corrected chi connectivity index (χ1v) is 4.69. The monoisotopic (exact) mass is 204 g/mol. The lowest BCUT2D eigenvalue weighted by Crippen LogP contribution is -1.90. The number of nitrogens with zero attached hydrogens (tertiary/aromatic N) is 2. The van der Waals surface area contributed by atoms with Crippen LogP contribution in [0.2, 0.25) is 5.02 Å². The summed E-state index contributed by atoms with van der Waals surface area (Å²) >= 11 is 6.08. The van der Waals surface area contributed by atoms with E-state index in [0.29, 0.717) is 10.8 Å². The van der Waals surface area contributed by atoms with Gasteiger partial charge in [-0.3, -0.25) is 0 Å². The van der Waals surface area contributed by atoms with E-state index in [1.54, 1.807) is 18.5 Å². The highest BCUT2D eigenvalue weighted by Crippen LogP contribution is 2.27. The summed E-state index contributed by atoms with van der Waals surface area (Å²) < 4.78 is 0. The van der Waals surface area contributed by atoms with Gasteiger partial charge in [0.25, 0.3) is 0 Å². The average molecular weight is 205 g/mol. The van der Waals surface area contributed by atoms with E-state index in [2.05, 4.69) is 9.97 Å². The Morgan fingerprint density at radius 3 is 2.43 bits per heavy atom. The topological polar surface area (TPSA) is 25.8 Å². The minimum absolute atomic E-state index is 0.676. The first-order valence-electron chi connectivity index (χ1n) is 4.31. The van der Waals surface area contributed by atoms with Crippen LogP contribution in [-0.4, -0.2) is 9.97 Å². The minimum Gasteiger partial charge on any atom is -0.237 e. The number of halogens is 1. The van der Waals surface area contributed by atoms with E-state index >= 15 is 0 Å². The SMILES string of the molecule is Cc1cccc(Cl)c1-c1ncccn1. The van der Waals surface area contributed by atoms with Crippen molar-refractivity contribution >= 4 is 11.6 Å². The molecule has 3 heteroatoms. The summed E-state index contributed by atoms with van der Waals surface area (Å²) in [6.45, 7) is 2.00. The number of hydrogen-bond acceptors (Lipinski definition) is 2. The molecular weight excluding hydrogens is 196 g/mol. The van der Waals surface area contributed by atoms with Gasteiger partial charge in [0.05, 0.1) is 5.02 Å². The largest absolute Gasteiger partial charge is 0.237 e. The molecule has 0 N–H and O–H groups in total. The predicted molar refractivity (Wildman–Crippen MR) is 57.2 cm³/mol. The molecule has 2 nitrogen and oxygen atoms in total. The molecule has 1 aromatic heterocycles. The van der Waals surface area contributed by atoms with E-state index in [1.165, 1.54) is 0 Å². The number of aromatic nitrogens is 2. The number of rotatable bonds is 1. The molecule has 0 saturated carbocycles. The molecule has 0 radical (unpaired) electrons. The molecule has 1 heterocycles. The van der Waals surface area contributed by atoms with E-state index in [1.807, 2.05) is 25.1 Å². The molecule has 14 heavy (non-hydrogen) atoms. The third-order valence-electron chi connectivity index (χ3n) is 2.01. The van der Waals surface area contributed by atoms with Crippen molar-refractivity contribution in [3.05, 3.63) is 47.2 Å². The van der Waals surface area contributed by atoms with Gasteiger partial charge >= 0.3 is 0 Å². The van der Waals surface area contributed by atoms with Crippen LogP contribution < -0.4 is 0 Å². The van der Waals surface area contributed by atoms with Crippen molar-refractivity contribution in [3.8, 4) is 11.4 Å². The molecule has 0 spiro atoms. The van der Waals surface area contributed by atoms with Crippen LogP contribution in [0.3, 0.4) is 0 Å². The molecule has 0 aliphatic rings. The average Bonchev–Trinajstić information content (AvgIpc) is 2.19. The fraction of sp³-hybridized carbons (Fsp3) is 0.0909. The molecule has 0 amide bonds. The molecule has 0 atom stereocenters. The van der Waals surface area contributed by atoms with Gasteiger partial charge in [-0.25, -0.2) is 9.97 Å². The van der Waals surface area contributed by atoms with Gasteiger partial charge < -0.3 is 0 Å². The lowest BCUT2D eigenvalue weighted by Gasteiger charge is -2.05. The van der Waals surface area contributed by atoms with E-state index in [4.69, 9.17) is 11.6 Å². The van der Waals surface area contributed by atoms with Gasteiger partial charge in [-0.2, -0.15) is 0 Å². The first-order chi connectivity index (χ1) is 6.79. The standard InChI is InChI=1S/C11H9ClN2/c1-8-4-2-5-9(12)10(8)11-13-6-3-7-14-11/h2-7H,1H3. The fourth-order valence-electron chi connectivity index (χ4n) is 1.34. The fourth-order valence-corrected chi connectivity index (χ4v) is 1.65. The lowest BCUT2D eigenvalue weighted by atomic mass is 10.1. The molecule has 1 aromatic carbocycles. The summed E-state index contributed by atoms with van der Waals surface area (Å²) in [6, 6.07) is 7.55. The normalized spacial score (nSPS) is 10.1. The maximum Gasteiger partial charge on any atom is 0.160 e. The van der Waals surface area contributed by atoms with Gasteiger partial charge in [-0.1, -0.05) is 23.7 Å². The molecule has 2 aromatic rings. The third kappa shape index (κ3) is 1.61. The zero-order valence-electron chi connectivity index (χ0n) is 7.74. The van der Waals surface area contributed by atoms with Crippen molar-refractivity contribution in [2.45, 2.75) is 6.92 Å². The van der Waals surface area contributed by atoms with E-state index in [9.17, 15) is 0 Å². The molecule has 0 saturated heterocycles. The highest BCUT2D eigenvalue weighted by Gasteiger charge is 2.07. The van der Waals surface area contributed by atoms with Crippen molar-refractivity contribution in [1.29, 1.82) is 0 Å². The van der Waals surface area contributed by atoms with Gasteiger partial charge in [0, 0.05) is 18.0 Å². The Hall–Kier alpha value is -1.41. The van der Waals surface area contributed by atoms with Crippen molar-refractivity contribution in [2.24, 2.45) is 0 Å². The van der Waals surface area contributed by atoms with E-state index in [0.717, 1.165) is 11.1 Å². The highest BCUT2D eigenvalue weighted by molar-refractivity contribution is 6.33. The van der Waals surface area contributed by atoms with Crippen LogP contribution in [-0.2, 0) is 0 Å². The van der Waals surface area contributed by atoms with Crippen molar-refractivity contribution < 1.29 is 0 Å². The van der Waals surface area contributed by atoms with E-state index < -0.39 is 0 Å². The van der Waals surface area contributed by atoms with Crippen LogP contribution in [0.25, 0.3) is 11.4 Å². The third-order valence-corrected chi connectivity index (χ3v) is 2.33. The molecule has 0 fully saturated rings. The lowest BCUT2D eigenvalue weighted by molar-refractivity contribution is 1.17. The zero-order valence-corrected chi connectivity index (χ0v) is 8.49. The number of benzene rings is 1. The quantitative estimate of drug-likeness (QED) is 0.714. The van der Waals surface area contributed by atoms with Crippen LogP contribution in [0.5, 0.6) is 0 Å². The second kappa shape index (κ2) is 3.76. The molecule has 70 valence electrons. The first kappa shape index (κ1) is 9.16. The van der Waals surface area contributed by atoms with Gasteiger partial charge in [-0.15, -0.1) is 0 Å². The zero-order chi connectivity index (χ0) is 9.97. The van der Waals surface area contributed by atoms with Crippen LogP contribution in [0.4, 0.5) is 0 Å². The maximum absolute atomic E-state index is 6.08. The van der Waals surface area contributed by atoms with Crippen LogP contribution in [0, 0.1) is 6.92 Å². The van der Waals surface area contributed by atoms with Crippen molar-refractivity contribution in [1.82, 2.24) is 9.97 Å². The highest BCUT2D eigenvalue weighted by atomic mass is 35.5. The Bertz CT molecular complexity index is 420. The minimum atomic E-state index is 0.676. The molecule has 0 bridgehead atoms. The summed E-state index contributed by atoms with van der Waals surface area (Å²) in [5.74, 6) is 0.676. The van der Waals surface area contributed by atoms with Crippen molar-refractivity contribution in [3.63, 3.8) is 0 Å². The van der Waals surface area contributed by atoms with E-state index in [-0.39, 0.29) is 0 Å².